The minimum Gasteiger partial charge on any atom is -0.297 e. The van der Waals surface area contributed by atoms with Crippen molar-refractivity contribution in [1.29, 1.82) is 0 Å². The second-order valence-electron chi connectivity index (χ2n) is 4.53. The highest BCUT2D eigenvalue weighted by atomic mass is 19.4. The minimum absolute atomic E-state index is 0.0751. The maximum absolute atomic E-state index is 13.1. The molecule has 1 unspecified atom stereocenters. The van der Waals surface area contributed by atoms with E-state index in [0.29, 0.717) is 5.69 Å². The lowest BCUT2D eigenvalue weighted by atomic mass is 10.1. The van der Waals surface area contributed by atoms with E-state index < -0.39 is 12.2 Å². The molecule has 0 saturated heterocycles. The molecule has 2 nitrogen and oxygen atoms in total. The van der Waals surface area contributed by atoms with Gasteiger partial charge in [0.25, 0.3) is 0 Å². The van der Waals surface area contributed by atoms with Gasteiger partial charge in [-0.3, -0.25) is 10.3 Å². The molecule has 1 aromatic carbocycles. The Morgan fingerprint density at radius 3 is 2.40 bits per heavy atom. The van der Waals surface area contributed by atoms with Crippen LogP contribution >= 0.6 is 0 Å². The standard InChI is InChI=1S/C15H15F3N2/c1-11-6-5-9-19-13(11)10-20-14(15(16,17)18)12-7-3-2-4-8-12/h2-9,14,20H,10H2,1H3. The van der Waals surface area contributed by atoms with Crippen molar-refractivity contribution in [2.45, 2.75) is 25.7 Å². The van der Waals surface area contributed by atoms with Gasteiger partial charge >= 0.3 is 6.18 Å². The van der Waals surface area contributed by atoms with Crippen molar-refractivity contribution in [2.75, 3.05) is 0 Å². The molecule has 2 aromatic rings. The summed E-state index contributed by atoms with van der Waals surface area (Å²) in [5, 5.41) is 2.55. The van der Waals surface area contributed by atoms with E-state index in [1.165, 1.54) is 12.1 Å². The third-order valence-electron chi connectivity index (χ3n) is 3.05. The summed E-state index contributed by atoms with van der Waals surface area (Å²) in [4.78, 5) is 4.10. The lowest BCUT2D eigenvalue weighted by Gasteiger charge is -2.22. The summed E-state index contributed by atoms with van der Waals surface area (Å²) in [5.74, 6) is 0. The number of halogens is 3. The SMILES string of the molecule is Cc1cccnc1CNC(c1ccccc1)C(F)(F)F. The fourth-order valence-corrected chi connectivity index (χ4v) is 1.97. The van der Waals surface area contributed by atoms with Gasteiger partial charge in [0.05, 0.1) is 5.69 Å². The first-order valence-corrected chi connectivity index (χ1v) is 6.24. The number of nitrogens with zero attached hydrogens (tertiary/aromatic N) is 1. The van der Waals surface area contributed by atoms with Crippen LogP contribution in [-0.4, -0.2) is 11.2 Å². The van der Waals surface area contributed by atoms with Crippen molar-refractivity contribution >= 4 is 0 Å². The summed E-state index contributed by atoms with van der Waals surface area (Å²) in [6, 6.07) is 9.73. The Labute approximate surface area is 115 Å². The molecule has 0 spiro atoms. The molecular formula is C15H15F3N2. The van der Waals surface area contributed by atoms with Gasteiger partial charge in [0.15, 0.2) is 0 Å². The molecule has 1 heterocycles. The van der Waals surface area contributed by atoms with E-state index >= 15 is 0 Å². The Bertz CT molecular complexity index is 553. The van der Waals surface area contributed by atoms with Gasteiger partial charge in [0.1, 0.15) is 6.04 Å². The van der Waals surface area contributed by atoms with E-state index in [2.05, 4.69) is 10.3 Å². The van der Waals surface area contributed by atoms with Crippen molar-refractivity contribution in [2.24, 2.45) is 0 Å². The molecule has 1 atom stereocenters. The first-order valence-electron chi connectivity index (χ1n) is 6.24. The van der Waals surface area contributed by atoms with Crippen LogP contribution in [0.2, 0.25) is 0 Å². The fourth-order valence-electron chi connectivity index (χ4n) is 1.97. The van der Waals surface area contributed by atoms with Crippen molar-refractivity contribution in [3.63, 3.8) is 0 Å². The predicted molar refractivity (Wildman–Crippen MR) is 71.1 cm³/mol. The number of nitrogens with one attached hydrogen (secondary N) is 1. The second kappa shape index (κ2) is 6.05. The molecule has 0 radical (unpaired) electrons. The van der Waals surface area contributed by atoms with Gasteiger partial charge in [-0.1, -0.05) is 36.4 Å². The zero-order valence-corrected chi connectivity index (χ0v) is 11.0. The summed E-state index contributed by atoms with van der Waals surface area (Å²) >= 11 is 0. The summed E-state index contributed by atoms with van der Waals surface area (Å²) in [5.41, 5.74) is 1.69. The minimum atomic E-state index is -4.34. The van der Waals surface area contributed by atoms with Crippen LogP contribution in [0.1, 0.15) is 22.9 Å². The number of pyridine rings is 1. The van der Waals surface area contributed by atoms with Crippen LogP contribution in [-0.2, 0) is 6.54 Å². The van der Waals surface area contributed by atoms with E-state index in [0.717, 1.165) is 5.56 Å². The summed E-state index contributed by atoms with van der Waals surface area (Å²) in [6.45, 7) is 1.90. The van der Waals surface area contributed by atoms with Crippen molar-refractivity contribution < 1.29 is 13.2 Å². The van der Waals surface area contributed by atoms with Crippen LogP contribution in [0.4, 0.5) is 13.2 Å². The van der Waals surface area contributed by atoms with Gasteiger partial charge in [-0.15, -0.1) is 0 Å². The van der Waals surface area contributed by atoms with Crippen LogP contribution in [0.15, 0.2) is 48.7 Å². The molecule has 0 aliphatic heterocycles. The van der Waals surface area contributed by atoms with Gasteiger partial charge in [-0.05, 0) is 24.1 Å². The van der Waals surface area contributed by atoms with E-state index in [-0.39, 0.29) is 12.1 Å². The van der Waals surface area contributed by atoms with Crippen molar-refractivity contribution in [1.82, 2.24) is 10.3 Å². The predicted octanol–water partition coefficient (Wildman–Crippen LogP) is 3.78. The molecule has 0 fully saturated rings. The second-order valence-corrected chi connectivity index (χ2v) is 4.53. The third kappa shape index (κ3) is 3.57. The maximum atomic E-state index is 13.1. The van der Waals surface area contributed by atoms with Crippen LogP contribution in [0.25, 0.3) is 0 Å². The number of hydrogen-bond acceptors (Lipinski definition) is 2. The third-order valence-corrected chi connectivity index (χ3v) is 3.05. The number of hydrogen-bond donors (Lipinski definition) is 1. The molecule has 0 bridgehead atoms. The average molecular weight is 280 g/mol. The monoisotopic (exact) mass is 280 g/mol. The van der Waals surface area contributed by atoms with Crippen LogP contribution < -0.4 is 5.32 Å². The Morgan fingerprint density at radius 1 is 1.10 bits per heavy atom. The average Bonchev–Trinajstić information content (AvgIpc) is 2.41. The van der Waals surface area contributed by atoms with E-state index in [9.17, 15) is 13.2 Å². The number of aromatic nitrogens is 1. The lowest BCUT2D eigenvalue weighted by molar-refractivity contribution is -0.158. The van der Waals surface area contributed by atoms with E-state index in [1.807, 2.05) is 13.0 Å². The first-order chi connectivity index (χ1) is 9.48. The topological polar surface area (TPSA) is 24.9 Å². The zero-order valence-electron chi connectivity index (χ0n) is 11.0. The van der Waals surface area contributed by atoms with Crippen LogP contribution in [0.3, 0.4) is 0 Å². The quantitative estimate of drug-likeness (QED) is 0.921. The normalized spacial score (nSPS) is 13.2. The molecule has 106 valence electrons. The fraction of sp³-hybridized carbons (Fsp3) is 0.267. The number of benzene rings is 1. The molecule has 5 heteroatoms. The molecule has 0 aliphatic carbocycles. The lowest BCUT2D eigenvalue weighted by Crippen LogP contribution is -2.34. The zero-order chi connectivity index (χ0) is 14.6. The molecule has 1 N–H and O–H groups in total. The molecule has 0 aliphatic rings. The highest BCUT2D eigenvalue weighted by Gasteiger charge is 2.40. The molecule has 1 aromatic heterocycles. The van der Waals surface area contributed by atoms with E-state index in [4.69, 9.17) is 0 Å². The van der Waals surface area contributed by atoms with Gasteiger partial charge in [0, 0.05) is 12.7 Å². The van der Waals surface area contributed by atoms with Gasteiger partial charge in [-0.25, -0.2) is 0 Å². The number of aryl methyl sites for hydroxylation is 1. The highest BCUT2D eigenvalue weighted by Crippen LogP contribution is 2.32. The molecule has 0 saturated carbocycles. The summed E-state index contributed by atoms with van der Waals surface area (Å²) in [7, 11) is 0. The molecule has 20 heavy (non-hydrogen) atoms. The Balaban J connectivity index is 2.16. The smallest absolute Gasteiger partial charge is 0.297 e. The van der Waals surface area contributed by atoms with Crippen LogP contribution in [0.5, 0.6) is 0 Å². The first kappa shape index (κ1) is 14.5. The Hall–Kier alpha value is -1.88. The largest absolute Gasteiger partial charge is 0.407 e. The van der Waals surface area contributed by atoms with Gasteiger partial charge in [-0.2, -0.15) is 13.2 Å². The van der Waals surface area contributed by atoms with E-state index in [1.54, 1.807) is 30.5 Å². The maximum Gasteiger partial charge on any atom is 0.407 e. The van der Waals surface area contributed by atoms with Crippen molar-refractivity contribution in [3.05, 3.63) is 65.5 Å². The highest BCUT2D eigenvalue weighted by molar-refractivity contribution is 5.22. The summed E-state index contributed by atoms with van der Waals surface area (Å²) < 4.78 is 39.4. The molecular weight excluding hydrogens is 265 g/mol. The molecule has 2 rings (SSSR count). The Kier molecular flexibility index (Phi) is 4.39. The summed E-state index contributed by atoms with van der Waals surface area (Å²) in [6.07, 6.45) is -2.76. The molecule has 0 amide bonds. The van der Waals surface area contributed by atoms with Gasteiger partial charge < -0.3 is 0 Å². The number of rotatable bonds is 4. The van der Waals surface area contributed by atoms with Gasteiger partial charge in [0.2, 0.25) is 0 Å². The van der Waals surface area contributed by atoms with Crippen molar-refractivity contribution in [3.8, 4) is 0 Å². The number of alkyl halides is 3. The van der Waals surface area contributed by atoms with Crippen LogP contribution in [0, 0.1) is 6.92 Å². The Morgan fingerprint density at radius 2 is 1.80 bits per heavy atom.